The van der Waals surface area contributed by atoms with Gasteiger partial charge in [0.2, 0.25) is 5.91 Å². The van der Waals surface area contributed by atoms with Gasteiger partial charge in [-0.1, -0.05) is 36.4 Å². The summed E-state index contributed by atoms with van der Waals surface area (Å²) in [7, 11) is 3.56. The number of methoxy groups -OCH3 is 1. The van der Waals surface area contributed by atoms with Crippen LogP contribution < -0.4 is 15.4 Å². The summed E-state index contributed by atoms with van der Waals surface area (Å²) in [6.07, 6.45) is 3.85. The summed E-state index contributed by atoms with van der Waals surface area (Å²) < 4.78 is 6.99. The Morgan fingerprint density at radius 2 is 1.83 bits per heavy atom. The number of nitrogens with one attached hydrogen (secondary N) is 2. The number of aryl methyl sites for hydroxylation is 1. The van der Waals surface area contributed by atoms with Crippen LogP contribution in [0.25, 0.3) is 11.1 Å². The molecule has 1 aromatic heterocycles. The van der Waals surface area contributed by atoms with Gasteiger partial charge in [-0.15, -0.1) is 0 Å². The first-order chi connectivity index (χ1) is 14.1. The van der Waals surface area contributed by atoms with Gasteiger partial charge in [0.25, 0.3) is 0 Å². The van der Waals surface area contributed by atoms with Crippen LogP contribution >= 0.6 is 0 Å². The Kier molecular flexibility index (Phi) is 5.62. The lowest BCUT2D eigenvalue weighted by Gasteiger charge is -2.17. The number of amides is 1. The van der Waals surface area contributed by atoms with E-state index in [9.17, 15) is 4.79 Å². The third-order valence-corrected chi connectivity index (χ3v) is 5.55. The number of aromatic nitrogens is 2. The van der Waals surface area contributed by atoms with Crippen molar-refractivity contribution in [2.24, 2.45) is 13.0 Å². The average molecular weight is 390 g/mol. The van der Waals surface area contributed by atoms with Gasteiger partial charge >= 0.3 is 0 Å². The summed E-state index contributed by atoms with van der Waals surface area (Å²) >= 11 is 0. The summed E-state index contributed by atoms with van der Waals surface area (Å²) in [6, 6.07) is 16.3. The lowest BCUT2D eigenvalue weighted by molar-refractivity contribution is -0.125. The molecule has 0 spiro atoms. The third kappa shape index (κ3) is 4.32. The first kappa shape index (κ1) is 19.2. The smallest absolute Gasteiger partial charge is 0.225 e. The number of ether oxygens (including phenoxy) is 1. The van der Waals surface area contributed by atoms with E-state index in [0.29, 0.717) is 13.1 Å². The van der Waals surface area contributed by atoms with Crippen LogP contribution in [0, 0.1) is 5.92 Å². The predicted octanol–water partition coefficient (Wildman–Crippen LogP) is 2.72. The molecule has 3 aromatic rings. The van der Waals surface area contributed by atoms with Crippen molar-refractivity contribution < 1.29 is 9.53 Å². The number of hydrogen-bond donors (Lipinski definition) is 2. The molecule has 1 fully saturated rings. The second-order valence-corrected chi connectivity index (χ2v) is 7.46. The molecule has 0 aliphatic carbocycles. The standard InChI is InChI=1S/C23H26N4O2/c1-27-15-19(12-26-27)21-13-24-14-22(21)23(28)25-11-16-3-5-17(6-4-16)18-7-9-20(29-2)10-8-18/h3-10,12,15,21-22,24H,11,13-14H2,1-2H3,(H,25,28)/t21-,22+/m1/s1. The molecular weight excluding hydrogens is 364 g/mol. The van der Waals surface area contributed by atoms with Crippen LogP contribution in [0.1, 0.15) is 17.0 Å². The normalized spacial score (nSPS) is 18.6. The van der Waals surface area contributed by atoms with Gasteiger partial charge in [0, 0.05) is 38.8 Å². The highest BCUT2D eigenvalue weighted by Gasteiger charge is 2.34. The van der Waals surface area contributed by atoms with Crippen molar-refractivity contribution >= 4 is 5.91 Å². The van der Waals surface area contributed by atoms with Crippen LogP contribution in [-0.4, -0.2) is 35.9 Å². The zero-order chi connectivity index (χ0) is 20.2. The molecule has 1 saturated heterocycles. The van der Waals surface area contributed by atoms with Crippen LogP contribution in [0.4, 0.5) is 0 Å². The predicted molar refractivity (Wildman–Crippen MR) is 113 cm³/mol. The third-order valence-electron chi connectivity index (χ3n) is 5.55. The quantitative estimate of drug-likeness (QED) is 0.679. The van der Waals surface area contributed by atoms with Crippen molar-refractivity contribution in [3.8, 4) is 16.9 Å². The maximum Gasteiger partial charge on any atom is 0.225 e. The largest absolute Gasteiger partial charge is 0.497 e. The molecule has 1 amide bonds. The van der Waals surface area contributed by atoms with Gasteiger partial charge in [-0.05, 0) is 34.4 Å². The maximum absolute atomic E-state index is 12.8. The number of hydrogen-bond acceptors (Lipinski definition) is 4. The van der Waals surface area contributed by atoms with Gasteiger partial charge in [-0.25, -0.2) is 0 Å². The van der Waals surface area contributed by atoms with Crippen LogP contribution in [0.2, 0.25) is 0 Å². The Bertz CT molecular complexity index is 963. The first-order valence-corrected chi connectivity index (χ1v) is 9.84. The molecule has 0 radical (unpaired) electrons. The Balaban J connectivity index is 1.36. The molecule has 29 heavy (non-hydrogen) atoms. The monoisotopic (exact) mass is 390 g/mol. The first-order valence-electron chi connectivity index (χ1n) is 9.84. The van der Waals surface area contributed by atoms with Crippen molar-refractivity contribution in [3.05, 3.63) is 72.1 Å². The summed E-state index contributed by atoms with van der Waals surface area (Å²) in [5.74, 6) is 1.03. The molecule has 1 aliphatic heterocycles. The molecule has 0 saturated carbocycles. The Hall–Kier alpha value is -3.12. The highest BCUT2D eigenvalue weighted by Crippen LogP contribution is 2.28. The molecule has 4 rings (SSSR count). The van der Waals surface area contributed by atoms with Crippen LogP contribution in [0.15, 0.2) is 60.9 Å². The highest BCUT2D eigenvalue weighted by molar-refractivity contribution is 5.80. The molecule has 1 aliphatic rings. The van der Waals surface area contributed by atoms with E-state index in [2.05, 4.69) is 40.0 Å². The number of nitrogens with zero attached hydrogens (tertiary/aromatic N) is 2. The van der Waals surface area contributed by atoms with Crippen molar-refractivity contribution in [3.63, 3.8) is 0 Å². The maximum atomic E-state index is 12.8. The highest BCUT2D eigenvalue weighted by atomic mass is 16.5. The van der Waals surface area contributed by atoms with E-state index < -0.39 is 0 Å². The minimum atomic E-state index is -0.0715. The van der Waals surface area contributed by atoms with Gasteiger partial charge in [0.15, 0.2) is 0 Å². The van der Waals surface area contributed by atoms with E-state index in [1.807, 2.05) is 43.7 Å². The van der Waals surface area contributed by atoms with E-state index >= 15 is 0 Å². The topological polar surface area (TPSA) is 68.2 Å². The van der Waals surface area contributed by atoms with E-state index in [-0.39, 0.29) is 17.7 Å². The van der Waals surface area contributed by atoms with Crippen LogP contribution in [0.3, 0.4) is 0 Å². The number of carbonyl (C=O) groups is 1. The lowest BCUT2D eigenvalue weighted by atomic mass is 9.90. The molecule has 2 aromatic carbocycles. The Morgan fingerprint density at radius 3 is 2.45 bits per heavy atom. The Labute approximate surface area is 170 Å². The van der Waals surface area contributed by atoms with E-state index in [1.54, 1.807) is 11.8 Å². The van der Waals surface area contributed by atoms with Crippen molar-refractivity contribution in [2.45, 2.75) is 12.5 Å². The van der Waals surface area contributed by atoms with Gasteiger partial charge in [0.05, 0.1) is 19.2 Å². The number of benzene rings is 2. The molecule has 2 heterocycles. The minimum absolute atomic E-state index is 0.0715. The fraction of sp³-hybridized carbons (Fsp3) is 0.304. The molecule has 2 N–H and O–H groups in total. The second-order valence-electron chi connectivity index (χ2n) is 7.46. The van der Waals surface area contributed by atoms with Gasteiger partial charge in [0.1, 0.15) is 5.75 Å². The van der Waals surface area contributed by atoms with Gasteiger partial charge in [-0.2, -0.15) is 5.10 Å². The fourth-order valence-corrected chi connectivity index (χ4v) is 3.85. The van der Waals surface area contributed by atoms with Gasteiger partial charge in [-0.3, -0.25) is 9.48 Å². The van der Waals surface area contributed by atoms with E-state index in [0.717, 1.165) is 34.5 Å². The summed E-state index contributed by atoms with van der Waals surface area (Å²) in [5, 5.41) is 10.7. The summed E-state index contributed by atoms with van der Waals surface area (Å²) in [6.45, 7) is 2.03. The SMILES string of the molecule is COc1ccc(-c2ccc(CNC(=O)[C@H]3CNC[C@@H]3c3cnn(C)c3)cc2)cc1. The second kappa shape index (κ2) is 8.49. The van der Waals surface area contributed by atoms with E-state index in [1.165, 1.54) is 0 Å². The van der Waals surface area contributed by atoms with E-state index in [4.69, 9.17) is 4.74 Å². The van der Waals surface area contributed by atoms with Gasteiger partial charge < -0.3 is 15.4 Å². The number of carbonyl (C=O) groups excluding carboxylic acids is 1. The lowest BCUT2D eigenvalue weighted by Crippen LogP contribution is -2.33. The minimum Gasteiger partial charge on any atom is -0.497 e. The van der Waals surface area contributed by atoms with Crippen LogP contribution in [-0.2, 0) is 18.4 Å². The zero-order valence-electron chi connectivity index (χ0n) is 16.8. The molecule has 0 bridgehead atoms. The molecule has 2 atom stereocenters. The van der Waals surface area contributed by atoms with Crippen molar-refractivity contribution in [2.75, 3.05) is 20.2 Å². The molecule has 6 nitrogen and oxygen atoms in total. The Morgan fingerprint density at radius 1 is 1.14 bits per heavy atom. The average Bonchev–Trinajstić information content (AvgIpc) is 3.41. The molecule has 6 heteroatoms. The van der Waals surface area contributed by atoms with Crippen molar-refractivity contribution in [1.82, 2.24) is 20.4 Å². The van der Waals surface area contributed by atoms with Crippen molar-refractivity contribution in [1.29, 1.82) is 0 Å². The summed E-state index contributed by atoms with van der Waals surface area (Å²) in [5.41, 5.74) is 4.47. The fourth-order valence-electron chi connectivity index (χ4n) is 3.85. The molecule has 150 valence electrons. The zero-order valence-corrected chi connectivity index (χ0v) is 16.8. The number of rotatable bonds is 6. The summed E-state index contributed by atoms with van der Waals surface area (Å²) in [4.78, 5) is 12.8. The van der Waals surface area contributed by atoms with Crippen LogP contribution in [0.5, 0.6) is 5.75 Å². The molecule has 0 unspecified atom stereocenters. The molecular formula is C23H26N4O2.